The molecule has 0 spiro atoms. The number of hydrogen-bond donors (Lipinski definition) is 0. The van der Waals surface area contributed by atoms with E-state index in [9.17, 15) is 9.59 Å². The van der Waals surface area contributed by atoms with Crippen molar-refractivity contribution in [3.05, 3.63) is 62.5 Å². The Morgan fingerprint density at radius 2 is 2.14 bits per heavy atom. The number of halogens is 1. The van der Waals surface area contributed by atoms with Crippen LogP contribution in [0.15, 0.2) is 45.7 Å². The van der Waals surface area contributed by atoms with E-state index < -0.39 is 0 Å². The molecule has 3 rings (SSSR count). The Kier molecular flexibility index (Phi) is 4.11. The normalized spacial score (nSPS) is 13.9. The molecular weight excluding hydrogens is 346 g/mol. The lowest BCUT2D eigenvalue weighted by molar-refractivity contribution is 0.0721. The van der Waals surface area contributed by atoms with Crippen molar-refractivity contribution in [2.75, 3.05) is 0 Å². The Labute approximate surface area is 136 Å². The summed E-state index contributed by atoms with van der Waals surface area (Å²) in [5.41, 5.74) is 1.16. The van der Waals surface area contributed by atoms with Gasteiger partial charge in [0.05, 0.1) is 0 Å². The highest BCUT2D eigenvalue weighted by Gasteiger charge is 2.33. The lowest BCUT2D eigenvalue weighted by Gasteiger charge is -2.22. The van der Waals surface area contributed by atoms with E-state index in [0.29, 0.717) is 12.2 Å². The van der Waals surface area contributed by atoms with E-state index in [1.165, 1.54) is 16.8 Å². The molecule has 114 valence electrons. The first kappa shape index (κ1) is 15.0. The largest absolute Gasteiger partial charge is 0.330 e. The van der Waals surface area contributed by atoms with Crippen LogP contribution in [0.25, 0.3) is 0 Å². The van der Waals surface area contributed by atoms with E-state index in [0.717, 1.165) is 22.9 Å². The fourth-order valence-corrected chi connectivity index (χ4v) is 2.80. The van der Waals surface area contributed by atoms with Gasteiger partial charge in [-0.1, -0.05) is 28.1 Å². The van der Waals surface area contributed by atoms with Crippen LogP contribution < -0.4 is 5.56 Å². The van der Waals surface area contributed by atoms with Crippen LogP contribution in [0.5, 0.6) is 0 Å². The first-order chi connectivity index (χ1) is 10.5. The zero-order valence-electron chi connectivity index (χ0n) is 12.2. The van der Waals surface area contributed by atoms with Crippen LogP contribution in [0.4, 0.5) is 0 Å². The number of carbonyl (C=O) groups excluding carboxylic acids is 1. The second-order valence-electron chi connectivity index (χ2n) is 5.47. The molecule has 0 N–H and O–H groups in total. The first-order valence-corrected chi connectivity index (χ1v) is 7.93. The van der Waals surface area contributed by atoms with Gasteiger partial charge in [-0.2, -0.15) is 5.10 Å². The molecule has 0 aliphatic heterocycles. The zero-order valence-corrected chi connectivity index (χ0v) is 13.8. The fourth-order valence-electron chi connectivity index (χ4n) is 2.35. The van der Waals surface area contributed by atoms with Gasteiger partial charge < -0.3 is 4.90 Å². The van der Waals surface area contributed by atoms with Crippen molar-refractivity contribution in [3.63, 3.8) is 0 Å². The predicted molar refractivity (Wildman–Crippen MR) is 86.5 cm³/mol. The highest BCUT2D eigenvalue weighted by atomic mass is 79.9. The zero-order chi connectivity index (χ0) is 15.7. The molecule has 1 aliphatic carbocycles. The lowest BCUT2D eigenvalue weighted by atomic mass is 10.2. The number of aryl methyl sites for hydroxylation is 1. The van der Waals surface area contributed by atoms with Gasteiger partial charge in [-0.3, -0.25) is 9.59 Å². The van der Waals surface area contributed by atoms with Crippen LogP contribution >= 0.6 is 15.9 Å². The van der Waals surface area contributed by atoms with E-state index in [1.54, 1.807) is 7.05 Å². The summed E-state index contributed by atoms with van der Waals surface area (Å²) in [6.45, 7) is 0.549. The average molecular weight is 362 g/mol. The smallest absolute Gasteiger partial charge is 0.274 e. The van der Waals surface area contributed by atoms with E-state index in [1.807, 2.05) is 29.2 Å². The van der Waals surface area contributed by atoms with Crippen molar-refractivity contribution in [2.45, 2.75) is 25.4 Å². The molecule has 1 fully saturated rings. The third kappa shape index (κ3) is 3.27. The molecule has 2 aromatic rings. The first-order valence-electron chi connectivity index (χ1n) is 7.14. The number of nitrogens with zero attached hydrogens (tertiary/aromatic N) is 3. The third-order valence-electron chi connectivity index (χ3n) is 3.67. The van der Waals surface area contributed by atoms with Crippen LogP contribution in [-0.4, -0.2) is 26.6 Å². The SMILES string of the molecule is Cn1nc(C(=O)N(Cc2cccc(Br)c2)C2CC2)ccc1=O. The maximum atomic E-state index is 12.7. The standard InChI is InChI=1S/C16H16BrN3O2/c1-19-15(21)8-7-14(18-19)16(22)20(13-5-6-13)10-11-3-2-4-12(17)9-11/h2-4,7-9,13H,5-6,10H2,1H3. The van der Waals surface area contributed by atoms with Gasteiger partial charge in [-0.05, 0) is 36.6 Å². The highest BCUT2D eigenvalue weighted by Crippen LogP contribution is 2.29. The van der Waals surface area contributed by atoms with E-state index in [2.05, 4.69) is 21.0 Å². The molecule has 1 amide bonds. The minimum Gasteiger partial charge on any atom is -0.330 e. The van der Waals surface area contributed by atoms with Crippen molar-refractivity contribution in [1.82, 2.24) is 14.7 Å². The Morgan fingerprint density at radius 1 is 1.36 bits per heavy atom. The Morgan fingerprint density at radius 3 is 2.77 bits per heavy atom. The Hall–Kier alpha value is -1.95. The Bertz CT molecular complexity index is 768. The fraction of sp³-hybridized carbons (Fsp3) is 0.312. The second kappa shape index (κ2) is 6.04. The summed E-state index contributed by atoms with van der Waals surface area (Å²) in [4.78, 5) is 26.0. The number of rotatable bonds is 4. The summed E-state index contributed by atoms with van der Waals surface area (Å²) in [6.07, 6.45) is 2.04. The predicted octanol–water partition coefficient (Wildman–Crippen LogP) is 2.35. The third-order valence-corrected chi connectivity index (χ3v) is 4.16. The molecule has 22 heavy (non-hydrogen) atoms. The summed E-state index contributed by atoms with van der Waals surface area (Å²) < 4.78 is 2.19. The number of amides is 1. The maximum Gasteiger partial charge on any atom is 0.274 e. The van der Waals surface area contributed by atoms with Crippen LogP contribution in [0.3, 0.4) is 0 Å². The number of carbonyl (C=O) groups is 1. The van der Waals surface area contributed by atoms with Gasteiger partial charge in [-0.15, -0.1) is 0 Å². The lowest BCUT2D eigenvalue weighted by Crippen LogP contribution is -2.34. The van der Waals surface area contributed by atoms with Gasteiger partial charge in [0.25, 0.3) is 11.5 Å². The van der Waals surface area contributed by atoms with Gasteiger partial charge in [0.2, 0.25) is 0 Å². The molecule has 1 aromatic heterocycles. The quantitative estimate of drug-likeness (QED) is 0.839. The molecule has 1 aliphatic rings. The van der Waals surface area contributed by atoms with Crippen LogP contribution in [0.2, 0.25) is 0 Å². The molecule has 0 unspecified atom stereocenters. The van der Waals surface area contributed by atoms with Gasteiger partial charge in [0.1, 0.15) is 5.69 Å². The van der Waals surface area contributed by atoms with Gasteiger partial charge >= 0.3 is 0 Å². The van der Waals surface area contributed by atoms with Crippen molar-refractivity contribution in [2.24, 2.45) is 7.05 Å². The average Bonchev–Trinajstić information content (AvgIpc) is 3.32. The highest BCUT2D eigenvalue weighted by molar-refractivity contribution is 9.10. The molecule has 0 saturated heterocycles. The van der Waals surface area contributed by atoms with Crippen LogP contribution in [0, 0.1) is 0 Å². The number of hydrogen-bond acceptors (Lipinski definition) is 3. The van der Waals surface area contributed by atoms with Gasteiger partial charge in [0.15, 0.2) is 0 Å². The van der Waals surface area contributed by atoms with Gasteiger partial charge in [0, 0.05) is 30.2 Å². The molecule has 0 radical (unpaired) electrons. The minimum absolute atomic E-state index is 0.127. The molecule has 0 atom stereocenters. The molecule has 5 nitrogen and oxygen atoms in total. The van der Waals surface area contributed by atoms with Gasteiger partial charge in [-0.25, -0.2) is 4.68 Å². The second-order valence-corrected chi connectivity index (χ2v) is 6.39. The molecule has 0 bridgehead atoms. The summed E-state index contributed by atoms with van der Waals surface area (Å²) in [6, 6.07) is 11.1. The van der Waals surface area contributed by atoms with Crippen LogP contribution in [0.1, 0.15) is 28.9 Å². The van der Waals surface area contributed by atoms with Crippen molar-refractivity contribution < 1.29 is 4.79 Å². The Balaban J connectivity index is 1.85. The van der Waals surface area contributed by atoms with Crippen molar-refractivity contribution in [3.8, 4) is 0 Å². The summed E-state index contributed by atoms with van der Waals surface area (Å²) in [5.74, 6) is -0.127. The molecule has 1 saturated carbocycles. The summed E-state index contributed by atoms with van der Waals surface area (Å²) in [5, 5.41) is 4.07. The van der Waals surface area contributed by atoms with E-state index >= 15 is 0 Å². The maximum absolute atomic E-state index is 12.7. The summed E-state index contributed by atoms with van der Waals surface area (Å²) >= 11 is 3.45. The summed E-state index contributed by atoms with van der Waals surface area (Å²) in [7, 11) is 1.55. The van der Waals surface area contributed by atoms with Crippen molar-refractivity contribution in [1.29, 1.82) is 0 Å². The number of benzene rings is 1. The minimum atomic E-state index is -0.221. The molecule has 6 heteroatoms. The monoisotopic (exact) mass is 361 g/mol. The molecule has 1 aromatic carbocycles. The topological polar surface area (TPSA) is 55.2 Å². The number of aromatic nitrogens is 2. The van der Waals surface area contributed by atoms with Crippen LogP contribution in [-0.2, 0) is 13.6 Å². The van der Waals surface area contributed by atoms with E-state index in [4.69, 9.17) is 0 Å². The van der Waals surface area contributed by atoms with E-state index in [-0.39, 0.29) is 17.5 Å². The molecule has 1 heterocycles. The van der Waals surface area contributed by atoms with Crippen molar-refractivity contribution >= 4 is 21.8 Å². The molecular formula is C16H16BrN3O2.